The third kappa shape index (κ3) is 2.39. The molecule has 1 aromatic heterocycles. The Hall–Kier alpha value is -1.00. The molecule has 1 aromatic carbocycles. The average Bonchev–Trinajstić information content (AvgIpc) is 2.69. The van der Waals surface area contributed by atoms with Gasteiger partial charge < -0.3 is 10.7 Å². The summed E-state index contributed by atoms with van der Waals surface area (Å²) in [6.45, 7) is 4.26. The lowest BCUT2D eigenvalue weighted by molar-refractivity contribution is 0.641. The van der Waals surface area contributed by atoms with Crippen LogP contribution in [-0.4, -0.2) is 21.3 Å². The van der Waals surface area contributed by atoms with Crippen LogP contribution >= 0.6 is 11.8 Å². The minimum absolute atomic E-state index is 0.221. The summed E-state index contributed by atoms with van der Waals surface area (Å²) < 4.78 is 0. The van der Waals surface area contributed by atoms with Gasteiger partial charge >= 0.3 is 0 Å². The molecule has 0 saturated carbocycles. The molecule has 0 spiro atoms. The lowest BCUT2D eigenvalue weighted by Crippen LogP contribution is -2.29. The number of hydrogen-bond donors (Lipinski definition) is 2. The number of nitrogens with one attached hydrogen (secondary N) is 1. The lowest BCUT2D eigenvalue weighted by Gasteiger charge is -2.15. The fraction of sp³-hybridized carbons (Fsp3) is 0.417. The van der Waals surface area contributed by atoms with Crippen LogP contribution < -0.4 is 5.73 Å². The van der Waals surface area contributed by atoms with Crippen LogP contribution in [0.2, 0.25) is 0 Å². The predicted octanol–water partition coefficient (Wildman–Crippen LogP) is 2.78. The van der Waals surface area contributed by atoms with Crippen molar-refractivity contribution in [2.45, 2.75) is 36.7 Å². The summed E-state index contributed by atoms with van der Waals surface area (Å²) in [5.41, 5.74) is 8.10. The van der Waals surface area contributed by atoms with E-state index in [-0.39, 0.29) is 6.04 Å². The Balaban J connectivity index is 2.15. The van der Waals surface area contributed by atoms with Crippen molar-refractivity contribution < 1.29 is 0 Å². The van der Waals surface area contributed by atoms with E-state index in [1.54, 1.807) is 11.8 Å². The van der Waals surface area contributed by atoms with Crippen LogP contribution in [0.1, 0.15) is 20.3 Å². The van der Waals surface area contributed by atoms with Gasteiger partial charge in [-0.2, -0.15) is 0 Å². The fourth-order valence-electron chi connectivity index (χ4n) is 1.58. The van der Waals surface area contributed by atoms with Gasteiger partial charge in [-0.25, -0.2) is 4.98 Å². The number of thioether (sulfide) groups is 1. The van der Waals surface area contributed by atoms with Gasteiger partial charge in [-0.3, -0.25) is 0 Å². The summed E-state index contributed by atoms with van der Waals surface area (Å²) in [7, 11) is 0. The summed E-state index contributed by atoms with van der Waals surface area (Å²) in [5, 5.41) is 1.34. The molecule has 0 radical (unpaired) electrons. The van der Waals surface area contributed by atoms with Gasteiger partial charge in [0.15, 0.2) is 5.16 Å². The summed E-state index contributed by atoms with van der Waals surface area (Å²) in [4.78, 5) is 7.82. The van der Waals surface area contributed by atoms with Crippen LogP contribution in [0.3, 0.4) is 0 Å². The Labute approximate surface area is 99.8 Å². The van der Waals surface area contributed by atoms with Crippen molar-refractivity contribution in [3.05, 3.63) is 24.3 Å². The van der Waals surface area contributed by atoms with E-state index >= 15 is 0 Å². The number of hydrogen-bond acceptors (Lipinski definition) is 3. The summed E-state index contributed by atoms with van der Waals surface area (Å²) in [6, 6.07) is 8.28. The number of benzene rings is 1. The van der Waals surface area contributed by atoms with E-state index in [1.807, 2.05) is 24.3 Å². The van der Waals surface area contributed by atoms with Gasteiger partial charge in [0.25, 0.3) is 0 Å². The second-order valence-electron chi connectivity index (χ2n) is 3.95. The molecule has 0 aliphatic carbocycles. The quantitative estimate of drug-likeness (QED) is 0.801. The van der Waals surface area contributed by atoms with Crippen LogP contribution in [0.25, 0.3) is 11.0 Å². The second-order valence-corrected chi connectivity index (χ2v) is 5.32. The minimum Gasteiger partial charge on any atom is -0.333 e. The van der Waals surface area contributed by atoms with Gasteiger partial charge in [-0.15, -0.1) is 0 Å². The van der Waals surface area contributed by atoms with Crippen molar-refractivity contribution >= 4 is 22.8 Å². The maximum absolute atomic E-state index is 6.00. The van der Waals surface area contributed by atoms with Crippen LogP contribution in [0.5, 0.6) is 0 Å². The van der Waals surface area contributed by atoms with Crippen molar-refractivity contribution in [3.8, 4) is 0 Å². The van der Waals surface area contributed by atoms with Crippen LogP contribution in [0, 0.1) is 0 Å². The molecular formula is C12H17N3S. The van der Waals surface area contributed by atoms with Gasteiger partial charge in [0.2, 0.25) is 0 Å². The predicted molar refractivity (Wildman–Crippen MR) is 69.7 cm³/mol. The number of aromatic amines is 1. The number of nitrogens with zero attached hydrogens (tertiary/aromatic N) is 1. The van der Waals surface area contributed by atoms with Crippen molar-refractivity contribution in [1.82, 2.24) is 9.97 Å². The van der Waals surface area contributed by atoms with Gasteiger partial charge in [-0.05, 0) is 18.6 Å². The summed E-state index contributed by atoms with van der Waals surface area (Å²) in [5.74, 6) is 0. The molecule has 2 rings (SSSR count). The van der Waals surface area contributed by atoms with Crippen molar-refractivity contribution in [2.24, 2.45) is 5.73 Å². The van der Waals surface area contributed by atoms with Gasteiger partial charge in [-0.1, -0.05) is 37.7 Å². The number of H-pyrrole nitrogens is 1. The molecule has 0 bridgehead atoms. The van der Waals surface area contributed by atoms with E-state index < -0.39 is 0 Å². The van der Waals surface area contributed by atoms with E-state index in [2.05, 4.69) is 23.8 Å². The zero-order valence-corrected chi connectivity index (χ0v) is 10.4. The normalized spacial score (nSPS) is 15.2. The molecule has 3 nitrogen and oxygen atoms in total. The molecule has 0 aliphatic rings. The molecule has 2 aromatic rings. The first kappa shape index (κ1) is 11.5. The smallest absolute Gasteiger partial charge is 0.166 e. The molecular weight excluding hydrogens is 218 g/mol. The zero-order chi connectivity index (χ0) is 11.5. The zero-order valence-electron chi connectivity index (χ0n) is 9.60. The largest absolute Gasteiger partial charge is 0.333 e. The monoisotopic (exact) mass is 235 g/mol. The fourth-order valence-corrected chi connectivity index (χ4v) is 2.62. The highest BCUT2D eigenvalue weighted by atomic mass is 32.2. The Morgan fingerprint density at radius 1 is 1.44 bits per heavy atom. The Bertz CT molecular complexity index is 433. The molecule has 0 aliphatic heterocycles. The minimum atomic E-state index is 0.221. The molecule has 1 heterocycles. The lowest BCUT2D eigenvalue weighted by atomic mass is 10.2. The van der Waals surface area contributed by atoms with Gasteiger partial charge in [0, 0.05) is 11.3 Å². The molecule has 0 fully saturated rings. The molecule has 0 amide bonds. The first-order chi connectivity index (χ1) is 7.70. The maximum Gasteiger partial charge on any atom is 0.166 e. The second kappa shape index (κ2) is 4.89. The number of nitrogens with two attached hydrogens (primary N) is 1. The SMILES string of the molecule is CCC(N)C(C)Sc1nc2ccccc2[nH]1. The van der Waals surface area contributed by atoms with Crippen molar-refractivity contribution in [2.75, 3.05) is 0 Å². The highest BCUT2D eigenvalue weighted by molar-refractivity contribution is 7.99. The van der Waals surface area contributed by atoms with Crippen molar-refractivity contribution in [1.29, 1.82) is 0 Å². The molecule has 4 heteroatoms. The Morgan fingerprint density at radius 3 is 2.88 bits per heavy atom. The maximum atomic E-state index is 6.00. The first-order valence-corrected chi connectivity index (χ1v) is 6.45. The van der Waals surface area contributed by atoms with E-state index in [0.29, 0.717) is 5.25 Å². The number of aromatic nitrogens is 2. The topological polar surface area (TPSA) is 54.7 Å². The number of para-hydroxylation sites is 2. The standard InChI is InChI=1S/C12H17N3S/c1-3-9(13)8(2)16-12-14-10-6-4-5-7-11(10)15-12/h4-9H,3,13H2,1-2H3,(H,14,15). The molecule has 2 atom stereocenters. The Kier molecular flexibility index (Phi) is 3.51. The summed E-state index contributed by atoms with van der Waals surface area (Å²) >= 11 is 1.71. The molecule has 0 saturated heterocycles. The van der Waals surface area contributed by atoms with Gasteiger partial charge in [0.05, 0.1) is 11.0 Å². The Morgan fingerprint density at radius 2 is 2.19 bits per heavy atom. The van der Waals surface area contributed by atoms with Crippen LogP contribution in [0.4, 0.5) is 0 Å². The van der Waals surface area contributed by atoms with E-state index in [4.69, 9.17) is 5.73 Å². The molecule has 2 unspecified atom stereocenters. The van der Waals surface area contributed by atoms with Crippen molar-refractivity contribution in [3.63, 3.8) is 0 Å². The first-order valence-electron chi connectivity index (χ1n) is 5.57. The van der Waals surface area contributed by atoms with E-state index in [0.717, 1.165) is 22.6 Å². The molecule has 3 N–H and O–H groups in total. The summed E-state index contributed by atoms with van der Waals surface area (Å²) in [6.07, 6.45) is 0.994. The third-order valence-electron chi connectivity index (χ3n) is 2.74. The molecule has 16 heavy (non-hydrogen) atoms. The van der Waals surface area contributed by atoms with E-state index in [1.165, 1.54) is 0 Å². The number of rotatable bonds is 4. The van der Waals surface area contributed by atoms with E-state index in [9.17, 15) is 0 Å². The molecule has 86 valence electrons. The highest BCUT2D eigenvalue weighted by Crippen LogP contribution is 2.25. The number of imidazole rings is 1. The average molecular weight is 235 g/mol. The number of fused-ring (bicyclic) bond motifs is 1. The van der Waals surface area contributed by atoms with Crippen LogP contribution in [0.15, 0.2) is 29.4 Å². The van der Waals surface area contributed by atoms with Crippen LogP contribution in [-0.2, 0) is 0 Å². The highest BCUT2D eigenvalue weighted by Gasteiger charge is 2.14. The van der Waals surface area contributed by atoms with Gasteiger partial charge in [0.1, 0.15) is 0 Å². The third-order valence-corrected chi connectivity index (χ3v) is 3.88.